The van der Waals surface area contributed by atoms with Crippen LogP contribution in [-0.4, -0.2) is 23.5 Å². The summed E-state index contributed by atoms with van der Waals surface area (Å²) in [6.07, 6.45) is 2.74. The minimum Gasteiger partial charge on any atom is -0.493 e. The van der Waals surface area contributed by atoms with E-state index in [4.69, 9.17) is 9.84 Å². The average Bonchev–Trinajstić information content (AvgIpc) is 2.42. The molecule has 0 heterocycles. The summed E-state index contributed by atoms with van der Waals surface area (Å²) in [5, 5.41) is 8.59. The van der Waals surface area contributed by atoms with Crippen LogP contribution in [0.4, 0.5) is 0 Å². The lowest BCUT2D eigenvalue weighted by Gasteiger charge is -2.12. The first-order chi connectivity index (χ1) is 9.45. The molecule has 0 radical (unpaired) electrons. The third kappa shape index (κ3) is 4.53. The van der Waals surface area contributed by atoms with Gasteiger partial charge < -0.3 is 9.84 Å². The highest BCUT2D eigenvalue weighted by Crippen LogP contribution is 2.25. The van der Waals surface area contributed by atoms with Crippen molar-refractivity contribution >= 4 is 11.8 Å². The molecule has 0 aliphatic carbocycles. The molecule has 0 aliphatic heterocycles. The Labute approximate surface area is 119 Å². The van der Waals surface area contributed by atoms with Crippen LogP contribution in [0.15, 0.2) is 30.4 Å². The van der Waals surface area contributed by atoms with Crippen molar-refractivity contribution in [2.24, 2.45) is 0 Å². The van der Waals surface area contributed by atoms with Crippen molar-refractivity contribution < 1.29 is 19.4 Å². The number of rotatable bonds is 7. The highest BCUT2D eigenvalue weighted by atomic mass is 16.5. The second-order valence-electron chi connectivity index (χ2n) is 4.79. The Morgan fingerprint density at radius 1 is 1.30 bits per heavy atom. The second kappa shape index (κ2) is 7.48. The van der Waals surface area contributed by atoms with Crippen molar-refractivity contribution in [3.63, 3.8) is 0 Å². The molecule has 0 fully saturated rings. The van der Waals surface area contributed by atoms with E-state index in [1.165, 1.54) is 0 Å². The van der Waals surface area contributed by atoms with Crippen LogP contribution in [0.1, 0.15) is 49.0 Å². The van der Waals surface area contributed by atoms with Crippen molar-refractivity contribution in [1.29, 1.82) is 0 Å². The smallest absolute Gasteiger partial charge is 0.328 e. The van der Waals surface area contributed by atoms with Crippen LogP contribution >= 0.6 is 0 Å². The van der Waals surface area contributed by atoms with E-state index >= 15 is 0 Å². The fourth-order valence-electron chi connectivity index (χ4n) is 1.67. The Bertz CT molecular complexity index is 515. The van der Waals surface area contributed by atoms with Crippen molar-refractivity contribution in [1.82, 2.24) is 0 Å². The maximum Gasteiger partial charge on any atom is 0.328 e. The predicted molar refractivity (Wildman–Crippen MR) is 77.4 cm³/mol. The summed E-state index contributed by atoms with van der Waals surface area (Å²) in [5.74, 6) is -0.725. The van der Waals surface area contributed by atoms with Crippen LogP contribution in [0.25, 0.3) is 0 Å². The topological polar surface area (TPSA) is 63.6 Å². The summed E-state index contributed by atoms with van der Waals surface area (Å²) < 4.78 is 5.55. The Hall–Kier alpha value is -2.10. The monoisotopic (exact) mass is 276 g/mol. The van der Waals surface area contributed by atoms with Crippen LogP contribution < -0.4 is 4.74 Å². The van der Waals surface area contributed by atoms with E-state index in [1.54, 1.807) is 12.1 Å². The van der Waals surface area contributed by atoms with Gasteiger partial charge in [0.1, 0.15) is 5.75 Å². The molecule has 20 heavy (non-hydrogen) atoms. The summed E-state index contributed by atoms with van der Waals surface area (Å²) in [6.45, 7) is 6.56. The zero-order valence-corrected chi connectivity index (χ0v) is 12.1. The number of hydrogen-bond acceptors (Lipinski definition) is 3. The summed E-state index contributed by atoms with van der Waals surface area (Å²) in [4.78, 5) is 22.6. The maximum absolute atomic E-state index is 12.1. The van der Waals surface area contributed by atoms with Crippen LogP contribution in [-0.2, 0) is 4.79 Å². The third-order valence-corrected chi connectivity index (χ3v) is 2.77. The second-order valence-corrected chi connectivity index (χ2v) is 4.79. The molecule has 108 valence electrons. The zero-order valence-electron chi connectivity index (χ0n) is 12.1. The third-order valence-electron chi connectivity index (χ3n) is 2.77. The maximum atomic E-state index is 12.1. The van der Waals surface area contributed by atoms with E-state index in [1.807, 2.05) is 26.8 Å². The minimum atomic E-state index is -1.14. The first-order valence-corrected chi connectivity index (χ1v) is 6.67. The Kier molecular flexibility index (Phi) is 5.97. The lowest BCUT2D eigenvalue weighted by atomic mass is 9.98. The van der Waals surface area contributed by atoms with Gasteiger partial charge in [0.25, 0.3) is 0 Å². The largest absolute Gasteiger partial charge is 0.493 e. The van der Waals surface area contributed by atoms with Gasteiger partial charge in [0.2, 0.25) is 0 Å². The molecule has 0 bridgehead atoms. The summed E-state index contributed by atoms with van der Waals surface area (Å²) in [6, 6.07) is 5.46. The highest BCUT2D eigenvalue weighted by Gasteiger charge is 2.13. The van der Waals surface area contributed by atoms with Crippen molar-refractivity contribution in [3.8, 4) is 5.75 Å². The number of carbonyl (C=O) groups is 2. The molecule has 1 aromatic carbocycles. The van der Waals surface area contributed by atoms with Gasteiger partial charge in [0.05, 0.1) is 12.2 Å². The van der Waals surface area contributed by atoms with Gasteiger partial charge in [0, 0.05) is 6.08 Å². The molecule has 0 saturated carbocycles. The van der Waals surface area contributed by atoms with Crippen LogP contribution in [0.3, 0.4) is 0 Å². The molecule has 0 aliphatic rings. The Balaban J connectivity index is 3.13. The standard InChI is InChI=1S/C16H20O4/c1-4-9-20-15-7-5-12(11(2)3)10-13(15)14(17)6-8-16(18)19/h5-8,10-11H,4,9H2,1-3H3,(H,18,19)/b8-6+. The van der Waals surface area contributed by atoms with E-state index in [-0.39, 0.29) is 11.7 Å². The number of allylic oxidation sites excluding steroid dienone is 1. The molecule has 0 amide bonds. The molecular weight excluding hydrogens is 256 g/mol. The molecule has 1 aromatic rings. The number of carboxylic acid groups (broad SMARTS) is 1. The van der Waals surface area contributed by atoms with Crippen molar-refractivity contribution in [2.75, 3.05) is 6.61 Å². The number of benzene rings is 1. The van der Waals surface area contributed by atoms with Gasteiger partial charge in [-0.3, -0.25) is 4.79 Å². The molecule has 1 rings (SSSR count). The van der Waals surface area contributed by atoms with E-state index < -0.39 is 5.97 Å². The molecule has 0 unspecified atom stereocenters. The molecule has 0 spiro atoms. The number of aliphatic carboxylic acids is 1. The lowest BCUT2D eigenvalue weighted by Crippen LogP contribution is -2.05. The molecule has 4 nitrogen and oxygen atoms in total. The van der Waals surface area contributed by atoms with Gasteiger partial charge in [-0.15, -0.1) is 0 Å². The summed E-state index contributed by atoms with van der Waals surface area (Å²) >= 11 is 0. The van der Waals surface area contributed by atoms with Crippen molar-refractivity contribution in [3.05, 3.63) is 41.5 Å². The highest BCUT2D eigenvalue weighted by molar-refractivity contribution is 6.08. The molecule has 1 N–H and O–H groups in total. The summed E-state index contributed by atoms with van der Waals surface area (Å²) in [5.41, 5.74) is 1.42. The van der Waals surface area contributed by atoms with Crippen molar-refractivity contribution in [2.45, 2.75) is 33.1 Å². The van der Waals surface area contributed by atoms with Gasteiger partial charge >= 0.3 is 5.97 Å². The molecule has 0 aromatic heterocycles. The molecule has 4 heteroatoms. The number of ether oxygens (including phenoxy) is 1. The van der Waals surface area contributed by atoms with E-state index in [9.17, 15) is 9.59 Å². The van der Waals surface area contributed by atoms with Gasteiger partial charge in [-0.25, -0.2) is 4.79 Å². The first-order valence-electron chi connectivity index (χ1n) is 6.67. The Morgan fingerprint density at radius 3 is 2.55 bits per heavy atom. The Morgan fingerprint density at radius 2 is 2.00 bits per heavy atom. The number of carboxylic acids is 1. The van der Waals surface area contributed by atoms with Crippen LogP contribution in [0, 0.1) is 0 Å². The van der Waals surface area contributed by atoms with Gasteiger partial charge in [0.15, 0.2) is 5.78 Å². The molecule has 0 atom stereocenters. The van der Waals surface area contributed by atoms with Gasteiger partial charge in [-0.05, 0) is 36.1 Å². The van der Waals surface area contributed by atoms with Gasteiger partial charge in [-0.2, -0.15) is 0 Å². The minimum absolute atomic E-state index is 0.283. The molecular formula is C16H20O4. The molecule has 0 saturated heterocycles. The fourth-order valence-corrected chi connectivity index (χ4v) is 1.67. The predicted octanol–water partition coefficient (Wildman–Crippen LogP) is 3.42. The van der Waals surface area contributed by atoms with Gasteiger partial charge in [-0.1, -0.05) is 26.8 Å². The number of carbonyl (C=O) groups excluding carboxylic acids is 1. The quantitative estimate of drug-likeness (QED) is 0.612. The van der Waals surface area contributed by atoms with E-state index in [0.717, 1.165) is 24.1 Å². The first kappa shape index (κ1) is 16.0. The zero-order chi connectivity index (χ0) is 15.1. The van der Waals surface area contributed by atoms with Crippen LogP contribution in [0.5, 0.6) is 5.75 Å². The fraction of sp³-hybridized carbons (Fsp3) is 0.375. The number of ketones is 1. The number of hydrogen-bond donors (Lipinski definition) is 1. The van der Waals surface area contributed by atoms with E-state index in [0.29, 0.717) is 17.9 Å². The van der Waals surface area contributed by atoms with E-state index in [2.05, 4.69) is 0 Å². The lowest BCUT2D eigenvalue weighted by molar-refractivity contribution is -0.131. The summed E-state index contributed by atoms with van der Waals surface area (Å²) in [7, 11) is 0. The normalized spacial score (nSPS) is 11.0. The van der Waals surface area contributed by atoms with Crippen LogP contribution in [0.2, 0.25) is 0 Å². The SMILES string of the molecule is CCCOc1ccc(C(C)C)cc1C(=O)/C=C/C(=O)O. The average molecular weight is 276 g/mol.